The Morgan fingerprint density at radius 3 is 2.76 bits per heavy atom. The number of nitrogens with zero attached hydrogens (tertiary/aromatic N) is 1. The molecular formula is C20H26N2O2S. The lowest BCUT2D eigenvalue weighted by molar-refractivity contribution is -0.124. The molecule has 2 bridgehead atoms. The zero-order chi connectivity index (χ0) is 17.8. The fraction of sp³-hybridized carbons (Fsp3) is 0.600. The predicted octanol–water partition coefficient (Wildman–Crippen LogP) is 3.46. The predicted molar refractivity (Wildman–Crippen MR) is 101 cm³/mol. The molecule has 134 valence electrons. The normalized spacial score (nSPS) is 32.6. The van der Waals surface area contributed by atoms with Crippen molar-refractivity contribution in [2.24, 2.45) is 16.7 Å². The van der Waals surface area contributed by atoms with E-state index in [2.05, 4.69) is 26.1 Å². The SMILES string of the molecule is CC1(C)C2CCC1(C)C(NC(=O)CN1C(=O)CSc3ccccc31)C2. The first-order valence-corrected chi connectivity index (χ1v) is 10.1. The topological polar surface area (TPSA) is 49.4 Å². The number of carbonyl (C=O) groups is 2. The highest BCUT2D eigenvalue weighted by Gasteiger charge is 2.61. The van der Waals surface area contributed by atoms with Gasteiger partial charge in [-0.15, -0.1) is 11.8 Å². The van der Waals surface area contributed by atoms with Gasteiger partial charge in [0.1, 0.15) is 6.54 Å². The zero-order valence-electron chi connectivity index (χ0n) is 15.2. The first kappa shape index (κ1) is 17.0. The summed E-state index contributed by atoms with van der Waals surface area (Å²) < 4.78 is 0. The highest BCUT2D eigenvalue weighted by molar-refractivity contribution is 8.00. The molecule has 5 heteroatoms. The summed E-state index contributed by atoms with van der Waals surface area (Å²) in [6.45, 7) is 7.13. The second-order valence-electron chi connectivity index (χ2n) is 8.47. The quantitative estimate of drug-likeness (QED) is 0.900. The zero-order valence-corrected chi connectivity index (χ0v) is 16.0. The number of hydrogen-bond donors (Lipinski definition) is 1. The molecule has 3 atom stereocenters. The average Bonchev–Trinajstić information content (AvgIpc) is 2.91. The Kier molecular flexibility index (Phi) is 3.91. The molecule has 0 radical (unpaired) electrons. The Bertz CT molecular complexity index is 732. The molecule has 25 heavy (non-hydrogen) atoms. The Morgan fingerprint density at radius 1 is 1.32 bits per heavy atom. The van der Waals surface area contributed by atoms with E-state index in [1.807, 2.05) is 24.3 Å². The first-order valence-electron chi connectivity index (χ1n) is 9.14. The molecule has 1 aliphatic heterocycles. The molecule has 4 nitrogen and oxygen atoms in total. The van der Waals surface area contributed by atoms with Crippen LogP contribution in [0.3, 0.4) is 0 Å². The Balaban J connectivity index is 1.48. The van der Waals surface area contributed by atoms with Crippen molar-refractivity contribution in [1.29, 1.82) is 0 Å². The molecule has 3 aliphatic rings. The van der Waals surface area contributed by atoms with E-state index < -0.39 is 0 Å². The Morgan fingerprint density at radius 2 is 2.08 bits per heavy atom. The summed E-state index contributed by atoms with van der Waals surface area (Å²) in [5, 5.41) is 3.27. The molecule has 1 heterocycles. The van der Waals surface area contributed by atoms with Gasteiger partial charge in [-0.05, 0) is 48.1 Å². The summed E-state index contributed by atoms with van der Waals surface area (Å²) in [7, 11) is 0. The van der Waals surface area contributed by atoms with Gasteiger partial charge in [-0.1, -0.05) is 32.9 Å². The Labute approximate surface area is 153 Å². The second-order valence-corrected chi connectivity index (χ2v) is 9.48. The van der Waals surface area contributed by atoms with Crippen LogP contribution in [0.2, 0.25) is 0 Å². The number of nitrogens with one attached hydrogen (secondary N) is 1. The van der Waals surface area contributed by atoms with Crippen LogP contribution in [0.5, 0.6) is 0 Å². The van der Waals surface area contributed by atoms with Crippen LogP contribution in [-0.2, 0) is 9.59 Å². The van der Waals surface area contributed by atoms with Gasteiger partial charge in [0.25, 0.3) is 0 Å². The van der Waals surface area contributed by atoms with Gasteiger partial charge in [0.15, 0.2) is 0 Å². The van der Waals surface area contributed by atoms with Crippen molar-refractivity contribution in [1.82, 2.24) is 5.32 Å². The number of rotatable bonds is 3. The maximum atomic E-state index is 12.7. The van der Waals surface area contributed by atoms with Crippen LogP contribution in [0, 0.1) is 16.7 Å². The highest BCUT2D eigenvalue weighted by atomic mass is 32.2. The summed E-state index contributed by atoms with van der Waals surface area (Å²) in [6, 6.07) is 8.05. The number of para-hydroxylation sites is 1. The summed E-state index contributed by atoms with van der Waals surface area (Å²) in [6.07, 6.45) is 3.51. The van der Waals surface area contributed by atoms with Crippen molar-refractivity contribution in [2.75, 3.05) is 17.2 Å². The number of hydrogen-bond acceptors (Lipinski definition) is 3. The first-order chi connectivity index (χ1) is 11.8. The number of anilines is 1. The third-order valence-corrected chi connectivity index (χ3v) is 8.29. The van der Waals surface area contributed by atoms with E-state index in [0.29, 0.717) is 11.7 Å². The van der Waals surface area contributed by atoms with Crippen LogP contribution < -0.4 is 10.2 Å². The minimum atomic E-state index is -0.0374. The molecule has 2 amide bonds. The second kappa shape index (κ2) is 5.76. The summed E-state index contributed by atoms with van der Waals surface area (Å²) >= 11 is 1.55. The summed E-state index contributed by atoms with van der Waals surface area (Å²) in [5.41, 5.74) is 1.29. The van der Waals surface area contributed by atoms with Crippen LogP contribution in [0.1, 0.15) is 40.0 Å². The average molecular weight is 359 g/mol. The number of benzene rings is 1. The molecule has 1 aromatic carbocycles. The third kappa shape index (κ3) is 2.50. The molecule has 2 aliphatic carbocycles. The van der Waals surface area contributed by atoms with Crippen LogP contribution in [0.25, 0.3) is 0 Å². The molecule has 1 N–H and O–H groups in total. The molecule has 0 aromatic heterocycles. The van der Waals surface area contributed by atoms with Gasteiger partial charge in [-0.3, -0.25) is 9.59 Å². The van der Waals surface area contributed by atoms with E-state index in [9.17, 15) is 9.59 Å². The number of amides is 2. The van der Waals surface area contributed by atoms with Crippen molar-refractivity contribution < 1.29 is 9.59 Å². The molecule has 3 unspecified atom stereocenters. The van der Waals surface area contributed by atoms with E-state index in [-0.39, 0.29) is 35.2 Å². The van der Waals surface area contributed by atoms with Gasteiger partial charge < -0.3 is 10.2 Å². The molecule has 0 spiro atoms. The molecule has 4 rings (SSSR count). The lowest BCUT2D eigenvalue weighted by Gasteiger charge is -2.39. The van der Waals surface area contributed by atoms with Gasteiger partial charge in [0.2, 0.25) is 11.8 Å². The standard InChI is InChI=1S/C20H26N2O2S/c1-19(2)13-8-9-20(19,3)16(10-13)21-17(23)11-22-14-6-4-5-7-15(14)25-12-18(22)24/h4-7,13,16H,8-12H2,1-3H3,(H,21,23). The third-order valence-electron chi connectivity index (χ3n) is 7.24. The van der Waals surface area contributed by atoms with Crippen LogP contribution in [0.4, 0.5) is 5.69 Å². The van der Waals surface area contributed by atoms with Crippen LogP contribution >= 0.6 is 11.8 Å². The van der Waals surface area contributed by atoms with Crippen molar-refractivity contribution >= 4 is 29.3 Å². The molecular weight excluding hydrogens is 332 g/mol. The van der Waals surface area contributed by atoms with Crippen LogP contribution in [0.15, 0.2) is 29.2 Å². The van der Waals surface area contributed by atoms with Gasteiger partial charge in [0.05, 0.1) is 11.4 Å². The molecule has 2 saturated carbocycles. The van der Waals surface area contributed by atoms with E-state index in [4.69, 9.17) is 0 Å². The van der Waals surface area contributed by atoms with E-state index in [0.717, 1.165) is 17.0 Å². The van der Waals surface area contributed by atoms with Crippen molar-refractivity contribution in [3.8, 4) is 0 Å². The van der Waals surface area contributed by atoms with E-state index in [1.54, 1.807) is 16.7 Å². The lowest BCUT2D eigenvalue weighted by Crippen LogP contribution is -2.51. The minimum absolute atomic E-state index is 0.0123. The van der Waals surface area contributed by atoms with Gasteiger partial charge in [-0.2, -0.15) is 0 Å². The monoisotopic (exact) mass is 358 g/mol. The fourth-order valence-corrected chi connectivity index (χ4v) is 6.07. The van der Waals surface area contributed by atoms with Crippen molar-refractivity contribution in [2.45, 2.75) is 51.0 Å². The number of thioether (sulfide) groups is 1. The molecule has 0 saturated heterocycles. The van der Waals surface area contributed by atoms with Crippen molar-refractivity contribution in [3.05, 3.63) is 24.3 Å². The molecule has 1 aromatic rings. The maximum Gasteiger partial charge on any atom is 0.240 e. The van der Waals surface area contributed by atoms with E-state index in [1.165, 1.54) is 12.8 Å². The molecule has 2 fully saturated rings. The van der Waals surface area contributed by atoms with Crippen molar-refractivity contribution in [3.63, 3.8) is 0 Å². The maximum absolute atomic E-state index is 12.7. The lowest BCUT2D eigenvalue weighted by atomic mass is 9.69. The minimum Gasteiger partial charge on any atom is -0.351 e. The number of fused-ring (bicyclic) bond motifs is 3. The number of carbonyl (C=O) groups excluding carboxylic acids is 2. The van der Waals surface area contributed by atoms with Gasteiger partial charge in [-0.25, -0.2) is 0 Å². The Hall–Kier alpha value is -1.49. The fourth-order valence-electron chi connectivity index (χ4n) is 5.13. The summed E-state index contributed by atoms with van der Waals surface area (Å²) in [4.78, 5) is 27.8. The van der Waals surface area contributed by atoms with Crippen LogP contribution in [-0.4, -0.2) is 30.2 Å². The smallest absolute Gasteiger partial charge is 0.240 e. The summed E-state index contributed by atoms with van der Waals surface area (Å²) in [5.74, 6) is 1.07. The highest BCUT2D eigenvalue weighted by Crippen LogP contribution is 2.65. The largest absolute Gasteiger partial charge is 0.351 e. The van der Waals surface area contributed by atoms with Gasteiger partial charge >= 0.3 is 0 Å². The van der Waals surface area contributed by atoms with Gasteiger partial charge in [0, 0.05) is 10.9 Å². The van der Waals surface area contributed by atoms with E-state index >= 15 is 0 Å².